The van der Waals surface area contributed by atoms with E-state index >= 15 is 0 Å². The standard InChI is InChI=1S/C8H8N4O3/c1-2-4-11-7(12-15-4)5-6(13)8(14)10-3-9-5/h3,13H,2H2,1H3,(H,9,10,14). The molecule has 0 unspecified atom stereocenters. The lowest BCUT2D eigenvalue weighted by Gasteiger charge is -1.94. The highest BCUT2D eigenvalue weighted by Gasteiger charge is 2.15. The summed E-state index contributed by atoms with van der Waals surface area (Å²) >= 11 is 0. The number of nitrogens with one attached hydrogen (secondary N) is 1. The fraction of sp³-hybridized carbons (Fsp3) is 0.250. The Morgan fingerprint density at radius 2 is 2.40 bits per heavy atom. The van der Waals surface area contributed by atoms with Gasteiger partial charge < -0.3 is 14.6 Å². The maximum absolute atomic E-state index is 11.1. The highest BCUT2D eigenvalue weighted by molar-refractivity contribution is 5.56. The van der Waals surface area contributed by atoms with Crippen molar-refractivity contribution in [3.05, 3.63) is 22.6 Å². The van der Waals surface area contributed by atoms with E-state index in [-0.39, 0.29) is 11.5 Å². The summed E-state index contributed by atoms with van der Waals surface area (Å²) in [6.45, 7) is 1.85. The first-order valence-corrected chi connectivity index (χ1v) is 4.32. The molecule has 7 nitrogen and oxygen atoms in total. The Labute approximate surface area is 83.8 Å². The van der Waals surface area contributed by atoms with Crippen LogP contribution < -0.4 is 5.56 Å². The van der Waals surface area contributed by atoms with Crippen LogP contribution in [-0.2, 0) is 6.42 Å². The van der Waals surface area contributed by atoms with Gasteiger partial charge in [0, 0.05) is 6.42 Å². The van der Waals surface area contributed by atoms with E-state index < -0.39 is 11.3 Å². The van der Waals surface area contributed by atoms with Crippen molar-refractivity contribution in [1.82, 2.24) is 20.1 Å². The summed E-state index contributed by atoms with van der Waals surface area (Å²) in [5.41, 5.74) is -0.620. The van der Waals surface area contributed by atoms with Gasteiger partial charge in [0.05, 0.1) is 6.33 Å². The van der Waals surface area contributed by atoms with Crippen LogP contribution in [-0.4, -0.2) is 25.2 Å². The molecule has 0 aliphatic heterocycles. The average molecular weight is 208 g/mol. The smallest absolute Gasteiger partial charge is 0.293 e. The molecule has 7 heteroatoms. The summed E-state index contributed by atoms with van der Waals surface area (Å²) in [6.07, 6.45) is 1.75. The second-order valence-electron chi connectivity index (χ2n) is 2.79. The Morgan fingerprint density at radius 1 is 1.60 bits per heavy atom. The summed E-state index contributed by atoms with van der Waals surface area (Å²) in [5, 5.41) is 13.0. The van der Waals surface area contributed by atoms with Gasteiger partial charge in [0.1, 0.15) is 0 Å². The van der Waals surface area contributed by atoms with Crippen LogP contribution in [0.1, 0.15) is 12.8 Å². The quantitative estimate of drug-likeness (QED) is 0.724. The molecular weight excluding hydrogens is 200 g/mol. The predicted octanol–water partition coefficient (Wildman–Crippen LogP) is 0.0879. The van der Waals surface area contributed by atoms with Crippen LogP contribution >= 0.6 is 0 Å². The number of nitrogens with zero attached hydrogens (tertiary/aromatic N) is 3. The van der Waals surface area contributed by atoms with Crippen LogP contribution in [0.25, 0.3) is 11.5 Å². The third-order valence-corrected chi connectivity index (χ3v) is 1.81. The SMILES string of the molecule is CCc1nc(-c2nc[nH]c(=O)c2O)no1. The summed E-state index contributed by atoms with van der Waals surface area (Å²) in [7, 11) is 0. The normalized spacial score (nSPS) is 10.5. The van der Waals surface area contributed by atoms with Crippen molar-refractivity contribution in [2.24, 2.45) is 0 Å². The van der Waals surface area contributed by atoms with Crippen LogP contribution in [0, 0.1) is 0 Å². The first-order valence-electron chi connectivity index (χ1n) is 4.32. The van der Waals surface area contributed by atoms with E-state index in [0.717, 1.165) is 0 Å². The fourth-order valence-electron chi connectivity index (χ4n) is 1.05. The molecule has 2 heterocycles. The molecular formula is C8H8N4O3. The molecule has 2 aromatic rings. The van der Waals surface area contributed by atoms with Crippen molar-refractivity contribution in [3.63, 3.8) is 0 Å². The van der Waals surface area contributed by atoms with E-state index in [2.05, 4.69) is 20.1 Å². The molecule has 0 atom stereocenters. The third-order valence-electron chi connectivity index (χ3n) is 1.81. The highest BCUT2D eigenvalue weighted by atomic mass is 16.5. The van der Waals surface area contributed by atoms with Crippen LogP contribution in [0.4, 0.5) is 0 Å². The molecule has 0 bridgehead atoms. The van der Waals surface area contributed by atoms with Gasteiger partial charge in [-0.05, 0) is 0 Å². The predicted molar refractivity (Wildman–Crippen MR) is 49.2 cm³/mol. The zero-order chi connectivity index (χ0) is 10.8. The van der Waals surface area contributed by atoms with Crippen molar-refractivity contribution in [3.8, 4) is 17.3 Å². The number of H-pyrrole nitrogens is 1. The van der Waals surface area contributed by atoms with E-state index in [1.165, 1.54) is 6.33 Å². The number of aryl methyl sites for hydroxylation is 1. The fourth-order valence-corrected chi connectivity index (χ4v) is 1.05. The topological polar surface area (TPSA) is 105 Å². The molecule has 78 valence electrons. The second-order valence-corrected chi connectivity index (χ2v) is 2.79. The lowest BCUT2D eigenvalue weighted by atomic mass is 10.3. The van der Waals surface area contributed by atoms with Crippen LogP contribution in [0.5, 0.6) is 5.75 Å². The van der Waals surface area contributed by atoms with Crippen molar-refractivity contribution >= 4 is 0 Å². The Bertz CT molecular complexity index is 531. The van der Waals surface area contributed by atoms with Crippen molar-refractivity contribution < 1.29 is 9.63 Å². The van der Waals surface area contributed by atoms with Crippen LogP contribution in [0.15, 0.2) is 15.6 Å². The van der Waals surface area contributed by atoms with Gasteiger partial charge in [-0.1, -0.05) is 12.1 Å². The molecule has 0 aliphatic rings. The summed E-state index contributed by atoms with van der Waals surface area (Å²) < 4.78 is 4.84. The van der Waals surface area contributed by atoms with Gasteiger partial charge in [0.2, 0.25) is 17.5 Å². The molecule has 0 radical (unpaired) electrons. The maximum atomic E-state index is 11.1. The number of hydrogen-bond acceptors (Lipinski definition) is 6. The van der Waals surface area contributed by atoms with E-state index in [4.69, 9.17) is 4.52 Å². The number of rotatable bonds is 2. The van der Waals surface area contributed by atoms with E-state index in [9.17, 15) is 9.90 Å². The van der Waals surface area contributed by atoms with Gasteiger partial charge in [-0.2, -0.15) is 4.98 Å². The van der Waals surface area contributed by atoms with E-state index in [0.29, 0.717) is 12.3 Å². The zero-order valence-electron chi connectivity index (χ0n) is 7.89. The van der Waals surface area contributed by atoms with Gasteiger partial charge in [-0.3, -0.25) is 4.79 Å². The molecule has 0 amide bonds. The lowest BCUT2D eigenvalue weighted by Crippen LogP contribution is -2.07. The lowest BCUT2D eigenvalue weighted by molar-refractivity contribution is 0.382. The largest absolute Gasteiger partial charge is 0.501 e. The average Bonchev–Trinajstić information content (AvgIpc) is 2.70. The molecule has 0 aliphatic carbocycles. The molecule has 15 heavy (non-hydrogen) atoms. The number of aromatic hydroxyl groups is 1. The summed E-state index contributed by atoms with van der Waals surface area (Å²) in [4.78, 5) is 21.0. The monoisotopic (exact) mass is 208 g/mol. The molecule has 2 aromatic heterocycles. The first kappa shape index (κ1) is 9.38. The number of hydrogen-bond donors (Lipinski definition) is 2. The van der Waals surface area contributed by atoms with Gasteiger partial charge in [-0.25, -0.2) is 4.98 Å². The van der Waals surface area contributed by atoms with Crippen LogP contribution in [0.2, 0.25) is 0 Å². The van der Waals surface area contributed by atoms with E-state index in [1.807, 2.05) is 6.92 Å². The molecule has 2 rings (SSSR count). The van der Waals surface area contributed by atoms with Crippen molar-refractivity contribution in [2.45, 2.75) is 13.3 Å². The second kappa shape index (κ2) is 3.52. The molecule has 0 saturated carbocycles. The summed E-state index contributed by atoms with van der Waals surface area (Å²) in [5.74, 6) is 0.0166. The molecule has 0 aromatic carbocycles. The minimum absolute atomic E-state index is 0.0159. The van der Waals surface area contributed by atoms with E-state index in [1.54, 1.807) is 0 Å². The maximum Gasteiger partial charge on any atom is 0.293 e. The summed E-state index contributed by atoms with van der Waals surface area (Å²) in [6, 6.07) is 0. The Hall–Kier alpha value is -2.18. The minimum atomic E-state index is -0.636. The van der Waals surface area contributed by atoms with Crippen molar-refractivity contribution in [1.29, 1.82) is 0 Å². The molecule has 0 spiro atoms. The number of aromatic nitrogens is 4. The van der Waals surface area contributed by atoms with Gasteiger partial charge in [0.25, 0.3) is 5.56 Å². The van der Waals surface area contributed by atoms with Crippen molar-refractivity contribution in [2.75, 3.05) is 0 Å². The Morgan fingerprint density at radius 3 is 3.07 bits per heavy atom. The minimum Gasteiger partial charge on any atom is -0.501 e. The third kappa shape index (κ3) is 1.58. The molecule has 2 N–H and O–H groups in total. The number of aromatic amines is 1. The zero-order valence-corrected chi connectivity index (χ0v) is 7.89. The van der Waals surface area contributed by atoms with Gasteiger partial charge in [-0.15, -0.1) is 0 Å². The van der Waals surface area contributed by atoms with Gasteiger partial charge in [0.15, 0.2) is 5.69 Å². The Kier molecular flexibility index (Phi) is 2.20. The Balaban J connectivity index is 2.54. The van der Waals surface area contributed by atoms with Gasteiger partial charge >= 0.3 is 0 Å². The molecule has 0 fully saturated rings. The molecule has 0 saturated heterocycles. The first-order chi connectivity index (χ1) is 7.22. The highest BCUT2D eigenvalue weighted by Crippen LogP contribution is 2.19. The van der Waals surface area contributed by atoms with Crippen LogP contribution in [0.3, 0.4) is 0 Å².